The highest BCUT2D eigenvalue weighted by atomic mass is 32.2. The monoisotopic (exact) mass is 376 g/mol. The molecular formula is C20H24O3S2. The zero-order valence-electron chi connectivity index (χ0n) is 15.3. The summed E-state index contributed by atoms with van der Waals surface area (Å²) in [7, 11) is 0. The molecule has 5 heteroatoms. The summed E-state index contributed by atoms with van der Waals surface area (Å²) in [6.07, 6.45) is 4.72. The van der Waals surface area contributed by atoms with Crippen LogP contribution in [0.2, 0.25) is 0 Å². The molecule has 134 valence electrons. The Bertz CT molecular complexity index is 757. The van der Waals surface area contributed by atoms with E-state index in [1.54, 1.807) is 18.0 Å². The maximum absolute atomic E-state index is 11.7. The van der Waals surface area contributed by atoms with Gasteiger partial charge in [0.15, 0.2) is 0 Å². The Morgan fingerprint density at radius 2 is 1.84 bits per heavy atom. The van der Waals surface area contributed by atoms with Crippen LogP contribution >= 0.6 is 23.5 Å². The van der Waals surface area contributed by atoms with Crippen LogP contribution in [0.5, 0.6) is 11.5 Å². The largest absolute Gasteiger partial charge is 0.488 e. The molecule has 3 nitrogen and oxygen atoms in total. The van der Waals surface area contributed by atoms with E-state index in [-0.39, 0.29) is 5.30 Å². The summed E-state index contributed by atoms with van der Waals surface area (Å²) in [5, 5.41) is -0.321. The second kappa shape index (κ2) is 9.20. The Kier molecular flexibility index (Phi) is 7.26. The third kappa shape index (κ3) is 4.95. The molecule has 0 aliphatic carbocycles. The van der Waals surface area contributed by atoms with E-state index in [2.05, 4.69) is 32.9 Å². The standard InChI is InChI=1S/C20H24O3S2/c1-6-15-10-14(3)18(11-13(15)2)22-12-16-17(23-20(21)25-5)8-7-9-19(16)24-4/h7-11H,6,12H2,1-5H3. The SMILES string of the molecule is CCc1cc(C)c(OCc2c(OC(=O)SC)cccc2SC)cc1C. The maximum atomic E-state index is 11.7. The molecule has 0 aliphatic rings. The van der Waals surface area contributed by atoms with Crippen LogP contribution in [0.15, 0.2) is 35.2 Å². The minimum Gasteiger partial charge on any atom is -0.488 e. The van der Waals surface area contributed by atoms with Gasteiger partial charge in [-0.15, -0.1) is 11.8 Å². The third-order valence-electron chi connectivity index (χ3n) is 4.06. The first-order valence-electron chi connectivity index (χ1n) is 8.14. The molecule has 0 atom stereocenters. The van der Waals surface area contributed by atoms with E-state index in [1.807, 2.05) is 24.5 Å². The van der Waals surface area contributed by atoms with Crippen LogP contribution in [-0.4, -0.2) is 17.8 Å². The van der Waals surface area contributed by atoms with Gasteiger partial charge in [-0.05, 0) is 79.4 Å². The Hall–Kier alpha value is -1.59. The van der Waals surface area contributed by atoms with Gasteiger partial charge < -0.3 is 9.47 Å². The van der Waals surface area contributed by atoms with Crippen molar-refractivity contribution in [1.82, 2.24) is 0 Å². The third-order valence-corrected chi connectivity index (χ3v) is 5.30. The Balaban J connectivity index is 2.28. The number of thioether (sulfide) groups is 2. The molecule has 0 unspecified atom stereocenters. The average molecular weight is 377 g/mol. The number of hydrogen-bond acceptors (Lipinski definition) is 5. The fourth-order valence-electron chi connectivity index (χ4n) is 2.64. The maximum Gasteiger partial charge on any atom is 0.372 e. The summed E-state index contributed by atoms with van der Waals surface area (Å²) in [4.78, 5) is 12.7. The number of ether oxygens (including phenoxy) is 2. The predicted molar refractivity (Wildman–Crippen MR) is 107 cm³/mol. The molecule has 0 amide bonds. The lowest BCUT2D eigenvalue weighted by molar-refractivity contribution is 0.225. The quantitative estimate of drug-likeness (QED) is 0.454. The van der Waals surface area contributed by atoms with Gasteiger partial charge in [-0.25, -0.2) is 4.79 Å². The van der Waals surface area contributed by atoms with Crippen molar-refractivity contribution in [3.05, 3.63) is 52.6 Å². The van der Waals surface area contributed by atoms with Gasteiger partial charge in [-0.1, -0.05) is 19.1 Å². The molecular weight excluding hydrogens is 352 g/mol. The zero-order chi connectivity index (χ0) is 18.4. The highest BCUT2D eigenvalue weighted by Gasteiger charge is 2.14. The highest BCUT2D eigenvalue weighted by molar-refractivity contribution is 8.12. The van der Waals surface area contributed by atoms with Gasteiger partial charge in [0.1, 0.15) is 18.1 Å². The number of hydrogen-bond donors (Lipinski definition) is 0. The van der Waals surface area contributed by atoms with E-state index in [9.17, 15) is 4.79 Å². The predicted octanol–water partition coefficient (Wildman–Crippen LogP) is 6.03. The van der Waals surface area contributed by atoms with Crippen molar-refractivity contribution in [1.29, 1.82) is 0 Å². The molecule has 2 aromatic rings. The number of benzene rings is 2. The van der Waals surface area contributed by atoms with E-state index >= 15 is 0 Å². The van der Waals surface area contributed by atoms with Crippen molar-refractivity contribution < 1.29 is 14.3 Å². The van der Waals surface area contributed by atoms with Crippen LogP contribution in [0, 0.1) is 13.8 Å². The fourth-order valence-corrected chi connectivity index (χ4v) is 3.44. The van der Waals surface area contributed by atoms with Crippen molar-refractivity contribution >= 4 is 28.8 Å². The second-order valence-corrected chi connectivity index (χ2v) is 7.27. The van der Waals surface area contributed by atoms with Crippen molar-refractivity contribution in [2.45, 2.75) is 38.7 Å². The lowest BCUT2D eigenvalue weighted by Crippen LogP contribution is -2.06. The number of carbonyl (C=O) groups excluding carboxylic acids is 1. The molecule has 0 spiro atoms. The smallest absolute Gasteiger partial charge is 0.372 e. The first-order valence-corrected chi connectivity index (χ1v) is 10.6. The number of aryl methyl sites for hydroxylation is 3. The summed E-state index contributed by atoms with van der Waals surface area (Å²) in [6.45, 7) is 6.68. The van der Waals surface area contributed by atoms with Gasteiger partial charge in [0, 0.05) is 10.5 Å². The van der Waals surface area contributed by atoms with E-state index < -0.39 is 0 Å². The van der Waals surface area contributed by atoms with Gasteiger partial charge in [0.05, 0.1) is 0 Å². The Morgan fingerprint density at radius 3 is 2.48 bits per heavy atom. The molecule has 2 aromatic carbocycles. The summed E-state index contributed by atoms with van der Waals surface area (Å²) < 4.78 is 11.5. The first-order chi connectivity index (χ1) is 12.0. The molecule has 0 saturated carbocycles. The lowest BCUT2D eigenvalue weighted by Gasteiger charge is -2.16. The van der Waals surface area contributed by atoms with Gasteiger partial charge in [-0.2, -0.15) is 0 Å². The molecule has 0 bridgehead atoms. The van der Waals surface area contributed by atoms with Gasteiger partial charge in [0.2, 0.25) is 0 Å². The van der Waals surface area contributed by atoms with Crippen LogP contribution < -0.4 is 9.47 Å². The first kappa shape index (κ1) is 19.7. The molecule has 0 N–H and O–H groups in total. The second-order valence-electron chi connectivity index (χ2n) is 5.68. The van der Waals surface area contributed by atoms with E-state index in [4.69, 9.17) is 9.47 Å². The summed E-state index contributed by atoms with van der Waals surface area (Å²) in [5.41, 5.74) is 4.58. The molecule has 0 fully saturated rings. The van der Waals surface area contributed by atoms with Gasteiger partial charge >= 0.3 is 5.30 Å². The van der Waals surface area contributed by atoms with Crippen molar-refractivity contribution in [3.8, 4) is 11.5 Å². The molecule has 0 heterocycles. The Labute approximate surface area is 158 Å². The van der Waals surface area contributed by atoms with E-state index in [0.29, 0.717) is 12.4 Å². The molecule has 0 aromatic heterocycles. The van der Waals surface area contributed by atoms with Crippen molar-refractivity contribution in [2.75, 3.05) is 12.5 Å². The van der Waals surface area contributed by atoms with E-state index in [0.717, 1.165) is 40.0 Å². The van der Waals surface area contributed by atoms with Crippen molar-refractivity contribution in [2.24, 2.45) is 0 Å². The van der Waals surface area contributed by atoms with Crippen LogP contribution in [-0.2, 0) is 13.0 Å². The summed E-state index contributed by atoms with van der Waals surface area (Å²) in [6, 6.07) is 9.98. The molecule has 0 radical (unpaired) electrons. The van der Waals surface area contributed by atoms with Crippen LogP contribution in [0.4, 0.5) is 4.79 Å². The summed E-state index contributed by atoms with van der Waals surface area (Å²) >= 11 is 2.67. The zero-order valence-corrected chi connectivity index (χ0v) is 17.0. The fraction of sp³-hybridized carbons (Fsp3) is 0.350. The highest BCUT2D eigenvalue weighted by Crippen LogP contribution is 2.32. The molecule has 2 rings (SSSR count). The van der Waals surface area contributed by atoms with E-state index in [1.165, 1.54) is 11.1 Å². The van der Waals surface area contributed by atoms with Crippen molar-refractivity contribution in [3.63, 3.8) is 0 Å². The minimum absolute atomic E-state index is 0.321. The number of rotatable bonds is 6. The Morgan fingerprint density at radius 1 is 1.08 bits per heavy atom. The average Bonchev–Trinajstić information content (AvgIpc) is 2.62. The lowest BCUT2D eigenvalue weighted by atomic mass is 10.0. The molecule has 0 saturated heterocycles. The van der Waals surface area contributed by atoms with Gasteiger partial charge in [0.25, 0.3) is 0 Å². The topological polar surface area (TPSA) is 35.5 Å². The minimum atomic E-state index is -0.321. The summed E-state index contributed by atoms with van der Waals surface area (Å²) in [5.74, 6) is 1.43. The molecule has 0 aliphatic heterocycles. The van der Waals surface area contributed by atoms with Crippen LogP contribution in [0.1, 0.15) is 29.2 Å². The van der Waals surface area contributed by atoms with Gasteiger partial charge in [-0.3, -0.25) is 0 Å². The number of carbonyl (C=O) groups is 1. The van der Waals surface area contributed by atoms with Crippen LogP contribution in [0.3, 0.4) is 0 Å². The van der Waals surface area contributed by atoms with Crippen LogP contribution in [0.25, 0.3) is 0 Å². The normalized spacial score (nSPS) is 10.6. The molecule has 25 heavy (non-hydrogen) atoms.